The minimum absolute atomic E-state index is 0.127. The molecule has 0 aliphatic carbocycles. The molecule has 1 unspecified atom stereocenters. The predicted octanol–water partition coefficient (Wildman–Crippen LogP) is 6.29. The Morgan fingerprint density at radius 3 is 2.35 bits per heavy atom. The standard InChI is InChI=1S/C21H35NO3Si/c1-7-8-9-10-19(25-26(5,6)21(2,3)4)17-11-13-18(14-12-17)22-15-16-24-20(22)23/h11-14,19H,7-10,15-16H2,1-6H3. The number of unbranched alkanes of at least 4 members (excludes halogenated alkanes) is 2. The molecule has 0 bridgehead atoms. The van der Waals surface area contributed by atoms with Gasteiger partial charge in [0.2, 0.25) is 0 Å². The van der Waals surface area contributed by atoms with E-state index in [1.165, 1.54) is 24.8 Å². The fraction of sp³-hybridized carbons (Fsp3) is 0.667. The van der Waals surface area contributed by atoms with Gasteiger partial charge in [-0.15, -0.1) is 0 Å². The maximum Gasteiger partial charge on any atom is 0.414 e. The third-order valence-electron chi connectivity index (χ3n) is 5.65. The average molecular weight is 378 g/mol. The Hall–Kier alpha value is -1.33. The zero-order valence-corrected chi connectivity index (χ0v) is 18.3. The molecule has 1 aromatic rings. The van der Waals surface area contributed by atoms with Crippen LogP contribution in [0.1, 0.15) is 65.0 Å². The molecule has 26 heavy (non-hydrogen) atoms. The summed E-state index contributed by atoms with van der Waals surface area (Å²) in [5, 5.41) is 0.190. The maximum absolute atomic E-state index is 11.8. The monoisotopic (exact) mass is 377 g/mol. The van der Waals surface area contributed by atoms with Gasteiger partial charge in [0.1, 0.15) is 6.61 Å². The van der Waals surface area contributed by atoms with Crippen LogP contribution in [0.5, 0.6) is 0 Å². The fourth-order valence-corrected chi connectivity index (χ4v) is 4.22. The summed E-state index contributed by atoms with van der Waals surface area (Å²) in [4.78, 5) is 13.4. The minimum Gasteiger partial charge on any atom is -0.447 e. The zero-order valence-electron chi connectivity index (χ0n) is 17.3. The van der Waals surface area contributed by atoms with Crippen LogP contribution in [0, 0.1) is 0 Å². The van der Waals surface area contributed by atoms with Crippen molar-refractivity contribution in [1.82, 2.24) is 0 Å². The van der Waals surface area contributed by atoms with Crippen LogP contribution < -0.4 is 4.90 Å². The molecule has 0 spiro atoms. The summed E-state index contributed by atoms with van der Waals surface area (Å²) in [7, 11) is -1.85. The molecule has 1 aliphatic rings. The number of ether oxygens (including phenoxy) is 1. The summed E-state index contributed by atoms with van der Waals surface area (Å²) >= 11 is 0. The molecule has 4 nitrogen and oxygen atoms in total. The number of benzene rings is 1. The van der Waals surface area contributed by atoms with Crippen LogP contribution in [0.3, 0.4) is 0 Å². The number of carbonyl (C=O) groups is 1. The third-order valence-corrected chi connectivity index (χ3v) is 10.1. The molecule has 0 N–H and O–H groups in total. The quantitative estimate of drug-likeness (QED) is 0.395. The second-order valence-corrected chi connectivity index (χ2v) is 13.5. The molecule has 1 aliphatic heterocycles. The Bertz CT molecular complexity index is 592. The van der Waals surface area contributed by atoms with Crippen LogP contribution in [0.2, 0.25) is 18.1 Å². The number of rotatable bonds is 8. The van der Waals surface area contributed by atoms with Crippen LogP contribution in [-0.4, -0.2) is 27.6 Å². The third kappa shape index (κ3) is 5.10. The topological polar surface area (TPSA) is 38.8 Å². The molecule has 5 heteroatoms. The van der Waals surface area contributed by atoms with Gasteiger partial charge in [-0.1, -0.05) is 59.1 Å². The van der Waals surface area contributed by atoms with E-state index < -0.39 is 8.32 Å². The summed E-state index contributed by atoms with van der Waals surface area (Å²) < 4.78 is 11.8. The van der Waals surface area contributed by atoms with Gasteiger partial charge in [0.25, 0.3) is 0 Å². The van der Waals surface area contributed by atoms with Crippen LogP contribution >= 0.6 is 0 Å². The molecule has 1 atom stereocenters. The Kier molecular flexibility index (Phi) is 6.91. The van der Waals surface area contributed by atoms with Crippen molar-refractivity contribution in [3.63, 3.8) is 0 Å². The van der Waals surface area contributed by atoms with E-state index in [9.17, 15) is 4.79 Å². The summed E-state index contributed by atoms with van der Waals surface area (Å²) in [5.74, 6) is 0. The second-order valence-electron chi connectivity index (χ2n) is 8.72. The first-order valence-corrected chi connectivity index (χ1v) is 12.8. The molecule has 0 saturated carbocycles. The van der Waals surface area contributed by atoms with Gasteiger partial charge < -0.3 is 9.16 Å². The number of hydrogen-bond acceptors (Lipinski definition) is 3. The van der Waals surface area contributed by atoms with Crippen molar-refractivity contribution < 1.29 is 14.0 Å². The van der Waals surface area contributed by atoms with E-state index in [0.29, 0.717) is 13.2 Å². The number of amides is 1. The van der Waals surface area contributed by atoms with E-state index >= 15 is 0 Å². The Morgan fingerprint density at radius 2 is 1.85 bits per heavy atom. The minimum atomic E-state index is -1.85. The van der Waals surface area contributed by atoms with E-state index in [4.69, 9.17) is 9.16 Å². The smallest absolute Gasteiger partial charge is 0.414 e. The normalized spacial score (nSPS) is 16.7. The Labute approximate surface area is 160 Å². The van der Waals surface area contributed by atoms with E-state index in [0.717, 1.165) is 12.1 Å². The first kappa shape index (κ1) is 21.0. The highest BCUT2D eigenvalue weighted by atomic mass is 28.4. The maximum atomic E-state index is 11.8. The van der Waals surface area contributed by atoms with E-state index in [-0.39, 0.29) is 17.2 Å². The largest absolute Gasteiger partial charge is 0.447 e. The molecular weight excluding hydrogens is 342 g/mol. The molecule has 2 rings (SSSR count). The van der Waals surface area contributed by atoms with Gasteiger partial charge in [-0.2, -0.15) is 0 Å². The SMILES string of the molecule is CCCCCC(O[Si](C)(C)C(C)(C)C)c1ccc(N2CCOC2=O)cc1. The number of anilines is 1. The van der Waals surface area contributed by atoms with Crippen molar-refractivity contribution in [2.24, 2.45) is 0 Å². The molecule has 1 amide bonds. The van der Waals surface area contributed by atoms with Crippen LogP contribution in [0.15, 0.2) is 24.3 Å². The van der Waals surface area contributed by atoms with Gasteiger partial charge in [0.15, 0.2) is 8.32 Å². The summed E-state index contributed by atoms with van der Waals surface area (Å²) in [5.41, 5.74) is 2.11. The molecule has 1 heterocycles. The van der Waals surface area contributed by atoms with Crippen molar-refractivity contribution in [1.29, 1.82) is 0 Å². The highest BCUT2D eigenvalue weighted by molar-refractivity contribution is 6.74. The Balaban J connectivity index is 2.17. The van der Waals surface area contributed by atoms with Crippen molar-refractivity contribution in [2.75, 3.05) is 18.1 Å². The van der Waals surface area contributed by atoms with Gasteiger partial charge in [0.05, 0.1) is 12.6 Å². The first-order chi connectivity index (χ1) is 12.2. The van der Waals surface area contributed by atoms with Crippen molar-refractivity contribution in [3.05, 3.63) is 29.8 Å². The highest BCUT2D eigenvalue weighted by Crippen LogP contribution is 2.41. The lowest BCUT2D eigenvalue weighted by Crippen LogP contribution is -2.41. The molecule has 1 saturated heterocycles. The van der Waals surface area contributed by atoms with Crippen molar-refractivity contribution in [3.8, 4) is 0 Å². The molecule has 1 fully saturated rings. The molecule has 1 aromatic carbocycles. The van der Waals surface area contributed by atoms with Crippen molar-refractivity contribution >= 4 is 20.1 Å². The van der Waals surface area contributed by atoms with Crippen LogP contribution in [0.25, 0.3) is 0 Å². The van der Waals surface area contributed by atoms with Gasteiger partial charge in [-0.05, 0) is 42.2 Å². The van der Waals surface area contributed by atoms with Gasteiger partial charge in [-0.3, -0.25) is 4.90 Å². The average Bonchev–Trinajstić information content (AvgIpc) is 2.99. The van der Waals surface area contributed by atoms with E-state index in [1.54, 1.807) is 4.90 Å². The Morgan fingerprint density at radius 1 is 1.19 bits per heavy atom. The number of nitrogens with zero attached hydrogens (tertiary/aromatic N) is 1. The molecule has 0 aromatic heterocycles. The van der Waals surface area contributed by atoms with Gasteiger partial charge >= 0.3 is 6.09 Å². The highest BCUT2D eigenvalue weighted by Gasteiger charge is 2.39. The van der Waals surface area contributed by atoms with Crippen molar-refractivity contribution in [2.45, 2.75) is 77.6 Å². The number of cyclic esters (lactones) is 1. The summed E-state index contributed by atoms with van der Waals surface area (Å²) in [6.07, 6.45) is 4.54. The number of carbonyl (C=O) groups excluding carboxylic acids is 1. The van der Waals surface area contributed by atoms with E-state index in [1.807, 2.05) is 12.1 Å². The lowest BCUT2D eigenvalue weighted by molar-refractivity contribution is 0.170. The van der Waals surface area contributed by atoms with Crippen LogP contribution in [0.4, 0.5) is 10.5 Å². The number of hydrogen-bond donors (Lipinski definition) is 0. The zero-order chi connectivity index (χ0) is 19.4. The molecular formula is C21H35NO3Si. The molecule has 0 radical (unpaired) electrons. The summed E-state index contributed by atoms with van der Waals surface area (Å²) in [6.45, 7) is 14.8. The van der Waals surface area contributed by atoms with Crippen LogP contribution in [-0.2, 0) is 9.16 Å². The van der Waals surface area contributed by atoms with E-state index in [2.05, 4.69) is 52.9 Å². The lowest BCUT2D eigenvalue weighted by atomic mass is 10.0. The van der Waals surface area contributed by atoms with Gasteiger partial charge in [-0.25, -0.2) is 4.79 Å². The molecule has 146 valence electrons. The first-order valence-electron chi connectivity index (χ1n) is 9.88. The fourth-order valence-electron chi connectivity index (χ4n) is 2.90. The summed E-state index contributed by atoms with van der Waals surface area (Å²) in [6, 6.07) is 8.27. The predicted molar refractivity (Wildman–Crippen MR) is 110 cm³/mol. The van der Waals surface area contributed by atoms with Gasteiger partial charge in [0, 0.05) is 5.69 Å². The lowest BCUT2D eigenvalue weighted by Gasteiger charge is -2.39. The second kappa shape index (κ2) is 8.57.